The van der Waals surface area contributed by atoms with Crippen molar-refractivity contribution >= 4 is 32.8 Å². The van der Waals surface area contributed by atoms with E-state index in [1.807, 2.05) is 0 Å². The lowest BCUT2D eigenvalue weighted by Crippen LogP contribution is -2.17. The van der Waals surface area contributed by atoms with Crippen LogP contribution >= 0.6 is 22.9 Å². The van der Waals surface area contributed by atoms with Gasteiger partial charge in [0.1, 0.15) is 28.5 Å². The standard InChI is InChI=1S/C23H19ClF2N2O3S2/c1-23(2,29)22-20(24)21(28(27-22)17-8-7-14(25)12-16(17)26)19-10-9-18(32-19)13-5-4-6-15(11-13)33(3,30)31/h4-12,29H,1-3H3. The number of nitrogens with zero attached hydrogens (tertiary/aromatic N) is 2. The second-order valence-corrected chi connectivity index (χ2v) is 11.5. The van der Waals surface area contributed by atoms with Crippen LogP contribution in [-0.2, 0) is 15.4 Å². The summed E-state index contributed by atoms with van der Waals surface area (Å²) >= 11 is 7.91. The molecule has 0 spiro atoms. The molecule has 10 heteroatoms. The normalized spacial score (nSPS) is 12.3. The Kier molecular flexibility index (Phi) is 5.94. The van der Waals surface area contributed by atoms with Crippen molar-refractivity contribution in [2.24, 2.45) is 0 Å². The van der Waals surface area contributed by atoms with Crippen LogP contribution in [0.2, 0.25) is 5.02 Å². The van der Waals surface area contributed by atoms with Gasteiger partial charge in [-0.1, -0.05) is 23.7 Å². The summed E-state index contributed by atoms with van der Waals surface area (Å²) in [4.78, 5) is 1.55. The van der Waals surface area contributed by atoms with Crippen molar-refractivity contribution in [2.75, 3.05) is 6.26 Å². The van der Waals surface area contributed by atoms with Crippen molar-refractivity contribution in [3.63, 3.8) is 0 Å². The third-order valence-corrected chi connectivity index (χ3v) is 7.54. The first-order chi connectivity index (χ1) is 15.4. The van der Waals surface area contributed by atoms with Gasteiger partial charge in [-0.05, 0) is 55.8 Å². The molecule has 2 heterocycles. The van der Waals surface area contributed by atoms with Gasteiger partial charge in [0.05, 0.1) is 14.8 Å². The lowest BCUT2D eigenvalue weighted by Gasteiger charge is -2.14. The number of sulfone groups is 1. The van der Waals surface area contributed by atoms with Gasteiger partial charge in [-0.15, -0.1) is 11.3 Å². The fourth-order valence-electron chi connectivity index (χ4n) is 3.33. The van der Waals surface area contributed by atoms with E-state index in [1.54, 1.807) is 30.3 Å². The van der Waals surface area contributed by atoms with E-state index in [2.05, 4.69) is 5.10 Å². The Hall–Kier alpha value is -2.59. The zero-order valence-corrected chi connectivity index (χ0v) is 20.2. The molecule has 0 aliphatic rings. The smallest absolute Gasteiger partial charge is 0.175 e. The highest BCUT2D eigenvalue weighted by molar-refractivity contribution is 7.90. The van der Waals surface area contributed by atoms with Gasteiger partial charge in [0, 0.05) is 17.2 Å². The molecular formula is C23H19ClF2N2O3S2. The summed E-state index contributed by atoms with van der Waals surface area (Å²) in [5.41, 5.74) is -0.297. The fourth-order valence-corrected chi connectivity index (χ4v) is 5.54. The molecule has 0 saturated carbocycles. The number of hydrogen-bond donors (Lipinski definition) is 1. The average Bonchev–Trinajstić information content (AvgIpc) is 3.32. The molecule has 2 aromatic heterocycles. The molecule has 4 aromatic rings. The molecule has 0 bridgehead atoms. The Labute approximate surface area is 198 Å². The van der Waals surface area contributed by atoms with Gasteiger partial charge in [0.25, 0.3) is 0 Å². The van der Waals surface area contributed by atoms with E-state index in [0.29, 0.717) is 16.1 Å². The third kappa shape index (κ3) is 4.59. The molecule has 1 N–H and O–H groups in total. The van der Waals surface area contributed by atoms with Gasteiger partial charge >= 0.3 is 0 Å². The van der Waals surface area contributed by atoms with E-state index >= 15 is 0 Å². The van der Waals surface area contributed by atoms with Crippen LogP contribution < -0.4 is 0 Å². The number of hydrogen-bond acceptors (Lipinski definition) is 5. The SMILES string of the molecule is CC(C)(O)c1nn(-c2ccc(F)cc2F)c(-c2ccc(-c3cccc(S(C)(=O)=O)c3)s2)c1Cl. The van der Waals surface area contributed by atoms with Crippen LogP contribution in [0.5, 0.6) is 0 Å². The average molecular weight is 509 g/mol. The van der Waals surface area contributed by atoms with E-state index in [0.717, 1.165) is 23.3 Å². The van der Waals surface area contributed by atoms with Crippen molar-refractivity contribution in [2.45, 2.75) is 24.3 Å². The molecule has 0 unspecified atom stereocenters. The third-order valence-electron chi connectivity index (χ3n) is 4.93. The van der Waals surface area contributed by atoms with Gasteiger partial charge in [-0.2, -0.15) is 5.10 Å². The number of aromatic nitrogens is 2. The van der Waals surface area contributed by atoms with Gasteiger partial charge in [-0.3, -0.25) is 0 Å². The van der Waals surface area contributed by atoms with Crippen LogP contribution in [0.25, 0.3) is 26.7 Å². The van der Waals surface area contributed by atoms with E-state index in [4.69, 9.17) is 11.6 Å². The van der Waals surface area contributed by atoms with Crippen LogP contribution in [-0.4, -0.2) is 29.6 Å². The zero-order valence-electron chi connectivity index (χ0n) is 17.8. The lowest BCUT2D eigenvalue weighted by molar-refractivity contribution is 0.0735. The maximum atomic E-state index is 14.6. The topological polar surface area (TPSA) is 72.2 Å². The van der Waals surface area contributed by atoms with Crippen LogP contribution in [0.3, 0.4) is 0 Å². The molecule has 4 rings (SSSR count). The van der Waals surface area contributed by atoms with Gasteiger partial charge in [0.2, 0.25) is 0 Å². The maximum Gasteiger partial charge on any atom is 0.175 e. The van der Waals surface area contributed by atoms with Crippen LogP contribution in [0, 0.1) is 11.6 Å². The fraction of sp³-hybridized carbons (Fsp3) is 0.174. The molecule has 0 fully saturated rings. The summed E-state index contributed by atoms with van der Waals surface area (Å²) in [6.07, 6.45) is 1.14. The summed E-state index contributed by atoms with van der Waals surface area (Å²) in [7, 11) is -3.38. The summed E-state index contributed by atoms with van der Waals surface area (Å²) in [5.74, 6) is -1.57. The lowest BCUT2D eigenvalue weighted by atomic mass is 10.1. The summed E-state index contributed by atoms with van der Waals surface area (Å²) < 4.78 is 53.2. The predicted octanol–water partition coefficient (Wildman–Crippen LogP) is 5.83. The highest BCUT2D eigenvalue weighted by atomic mass is 35.5. The minimum Gasteiger partial charge on any atom is -0.384 e. The Bertz CT molecular complexity index is 1470. The molecule has 172 valence electrons. The number of thiophene rings is 1. The van der Waals surface area contributed by atoms with E-state index < -0.39 is 27.1 Å². The molecule has 0 aliphatic carbocycles. The van der Waals surface area contributed by atoms with E-state index in [1.165, 1.54) is 42.0 Å². The second-order valence-electron chi connectivity index (χ2n) is 8.04. The minimum absolute atomic E-state index is 0.0298. The Morgan fingerprint density at radius 1 is 1.06 bits per heavy atom. The zero-order chi connectivity index (χ0) is 24.1. The molecule has 5 nitrogen and oxygen atoms in total. The number of aliphatic hydroxyl groups is 1. The molecule has 0 aliphatic heterocycles. The van der Waals surface area contributed by atoms with Crippen LogP contribution in [0.15, 0.2) is 59.5 Å². The van der Waals surface area contributed by atoms with E-state index in [-0.39, 0.29) is 21.3 Å². The monoisotopic (exact) mass is 508 g/mol. The predicted molar refractivity (Wildman–Crippen MR) is 126 cm³/mol. The van der Waals surface area contributed by atoms with Gasteiger partial charge in [-0.25, -0.2) is 21.9 Å². The van der Waals surface area contributed by atoms with Gasteiger partial charge in [0.15, 0.2) is 15.7 Å². The molecule has 0 atom stereocenters. The van der Waals surface area contributed by atoms with Crippen molar-refractivity contribution < 1.29 is 22.3 Å². The largest absolute Gasteiger partial charge is 0.384 e. The van der Waals surface area contributed by atoms with Crippen molar-refractivity contribution in [3.05, 3.63) is 76.9 Å². The number of rotatable bonds is 5. The Morgan fingerprint density at radius 2 is 1.76 bits per heavy atom. The quantitative estimate of drug-likeness (QED) is 0.368. The molecule has 2 aromatic carbocycles. The highest BCUT2D eigenvalue weighted by Gasteiger charge is 2.30. The molecule has 33 heavy (non-hydrogen) atoms. The molecular weight excluding hydrogens is 490 g/mol. The van der Waals surface area contributed by atoms with Crippen LogP contribution in [0.4, 0.5) is 8.78 Å². The van der Waals surface area contributed by atoms with Gasteiger partial charge < -0.3 is 5.11 Å². The molecule has 0 amide bonds. The minimum atomic E-state index is -3.38. The summed E-state index contributed by atoms with van der Waals surface area (Å²) in [6, 6.07) is 13.2. The first kappa shape index (κ1) is 23.6. The van der Waals surface area contributed by atoms with Crippen molar-refractivity contribution in [1.29, 1.82) is 0 Å². The molecule has 0 radical (unpaired) electrons. The second kappa shape index (κ2) is 8.32. The Balaban J connectivity index is 1.90. The highest BCUT2D eigenvalue weighted by Crippen LogP contribution is 2.42. The van der Waals surface area contributed by atoms with Crippen molar-refractivity contribution in [3.8, 4) is 26.7 Å². The Morgan fingerprint density at radius 3 is 2.39 bits per heavy atom. The van der Waals surface area contributed by atoms with Crippen LogP contribution in [0.1, 0.15) is 19.5 Å². The first-order valence-electron chi connectivity index (χ1n) is 9.74. The van der Waals surface area contributed by atoms with E-state index in [9.17, 15) is 22.3 Å². The maximum absolute atomic E-state index is 14.6. The number of halogens is 3. The van der Waals surface area contributed by atoms with Crippen molar-refractivity contribution in [1.82, 2.24) is 9.78 Å². The summed E-state index contributed by atoms with van der Waals surface area (Å²) in [6.45, 7) is 3.01. The number of benzene rings is 2. The first-order valence-corrected chi connectivity index (χ1v) is 12.8. The summed E-state index contributed by atoms with van der Waals surface area (Å²) in [5, 5.41) is 15.0. The molecule has 0 saturated heterocycles.